The Balaban J connectivity index is 2.77. The number of rotatable bonds is 1. The fourth-order valence-corrected chi connectivity index (χ4v) is 0.415. The highest BCUT2D eigenvalue weighted by Crippen LogP contribution is 1.91. The molecule has 1 N–H and O–H groups in total. The van der Waals surface area contributed by atoms with Gasteiger partial charge in [-0.25, -0.2) is 4.98 Å². The van der Waals surface area contributed by atoms with E-state index in [9.17, 15) is 4.79 Å². The van der Waals surface area contributed by atoms with Gasteiger partial charge in [0.2, 0.25) is 0 Å². The van der Waals surface area contributed by atoms with Crippen molar-refractivity contribution in [1.29, 1.82) is 0 Å². The van der Waals surface area contributed by atoms with Crippen LogP contribution in [0, 0.1) is 7.05 Å². The third-order valence-electron chi connectivity index (χ3n) is 0.826. The van der Waals surface area contributed by atoms with Crippen molar-refractivity contribution < 1.29 is 9.21 Å². The summed E-state index contributed by atoms with van der Waals surface area (Å²) in [4.78, 5) is 14.1. The molecule has 0 aliphatic rings. The minimum atomic E-state index is -0.344. The highest BCUT2D eigenvalue weighted by Gasteiger charge is 2.03. The van der Waals surface area contributed by atoms with E-state index in [1.165, 1.54) is 12.7 Å². The summed E-state index contributed by atoms with van der Waals surface area (Å²) in [6, 6.07) is 0. The Morgan fingerprint density at radius 1 is 1.89 bits per heavy atom. The van der Waals surface area contributed by atoms with Crippen LogP contribution in [-0.2, 0) is 0 Å². The van der Waals surface area contributed by atoms with Crippen LogP contribution in [-0.4, -0.2) is 10.9 Å². The van der Waals surface area contributed by atoms with Crippen molar-refractivity contribution in [2.45, 2.75) is 0 Å². The van der Waals surface area contributed by atoms with E-state index in [4.69, 9.17) is 0 Å². The molecule has 0 bridgehead atoms. The fourth-order valence-electron chi connectivity index (χ4n) is 0.415. The molecule has 1 aromatic heterocycles. The number of carbonyl (C=O) groups excluding carboxylic acids is 1. The predicted octanol–water partition coefficient (Wildman–Crippen LogP) is 0.196. The summed E-state index contributed by atoms with van der Waals surface area (Å²) in [6.45, 7) is 0. The Kier molecular flexibility index (Phi) is 1.48. The summed E-state index contributed by atoms with van der Waals surface area (Å²) in [5.74, 6) is -0.344. The van der Waals surface area contributed by atoms with Crippen LogP contribution < -0.4 is 5.32 Å². The van der Waals surface area contributed by atoms with Crippen molar-refractivity contribution in [2.24, 2.45) is 0 Å². The van der Waals surface area contributed by atoms with E-state index in [0.29, 0.717) is 0 Å². The van der Waals surface area contributed by atoms with Gasteiger partial charge in [0, 0.05) is 7.05 Å². The summed E-state index contributed by atoms with van der Waals surface area (Å²) in [5, 5.41) is 2.16. The lowest BCUT2D eigenvalue weighted by atomic mass is 10.5. The van der Waals surface area contributed by atoms with Crippen molar-refractivity contribution in [3.63, 3.8) is 0 Å². The monoisotopic (exact) mass is 125 g/mol. The van der Waals surface area contributed by atoms with Crippen molar-refractivity contribution >= 4 is 5.91 Å². The average molecular weight is 125 g/mol. The van der Waals surface area contributed by atoms with Crippen LogP contribution in [0.1, 0.15) is 10.5 Å². The third kappa shape index (κ3) is 1.07. The molecular formula is C5H5N2O2. The molecule has 0 spiro atoms. The van der Waals surface area contributed by atoms with Crippen LogP contribution in [0.5, 0.6) is 0 Å². The molecule has 0 aliphatic heterocycles. The van der Waals surface area contributed by atoms with Gasteiger partial charge in [0.15, 0.2) is 12.1 Å². The first-order valence-electron chi connectivity index (χ1n) is 2.30. The molecule has 0 fully saturated rings. The SMILES string of the molecule is [CH2]NC(=O)c1cocn1. The zero-order valence-corrected chi connectivity index (χ0v) is 4.63. The van der Waals surface area contributed by atoms with Crippen molar-refractivity contribution in [2.75, 3.05) is 0 Å². The normalized spacial score (nSPS) is 9.00. The molecule has 1 amide bonds. The van der Waals surface area contributed by atoms with Gasteiger partial charge in [-0.05, 0) is 0 Å². The lowest BCUT2D eigenvalue weighted by Crippen LogP contribution is -2.15. The van der Waals surface area contributed by atoms with Gasteiger partial charge in [0.1, 0.15) is 6.26 Å². The molecule has 1 radical (unpaired) electrons. The van der Waals surface area contributed by atoms with Crippen molar-refractivity contribution in [3.8, 4) is 0 Å². The van der Waals surface area contributed by atoms with Crippen LogP contribution in [0.3, 0.4) is 0 Å². The third-order valence-corrected chi connectivity index (χ3v) is 0.826. The molecule has 4 heteroatoms. The average Bonchev–Trinajstić information content (AvgIpc) is 2.37. The van der Waals surface area contributed by atoms with Gasteiger partial charge in [0.05, 0.1) is 0 Å². The van der Waals surface area contributed by atoms with E-state index >= 15 is 0 Å². The van der Waals surface area contributed by atoms with Gasteiger partial charge in [-0.2, -0.15) is 0 Å². The Hall–Kier alpha value is -1.32. The van der Waals surface area contributed by atoms with Crippen LogP contribution in [0.2, 0.25) is 0 Å². The molecular weight excluding hydrogens is 120 g/mol. The Labute approximate surface area is 51.9 Å². The maximum atomic E-state index is 10.6. The summed E-state index contributed by atoms with van der Waals surface area (Å²) in [6.07, 6.45) is 2.44. The standard InChI is InChI=1S/C5H5N2O2/c1-6-5(8)4-2-9-3-7-4/h2-3H,1H2,(H,6,8). The Morgan fingerprint density at radius 3 is 3.11 bits per heavy atom. The van der Waals surface area contributed by atoms with E-state index in [1.54, 1.807) is 0 Å². The van der Waals surface area contributed by atoms with E-state index in [1.807, 2.05) is 0 Å². The second-order valence-corrected chi connectivity index (χ2v) is 1.38. The molecule has 1 heterocycles. The first kappa shape index (κ1) is 5.81. The minimum absolute atomic E-state index is 0.241. The molecule has 0 aromatic carbocycles. The smallest absolute Gasteiger partial charge is 0.273 e. The number of amides is 1. The Morgan fingerprint density at radius 2 is 2.67 bits per heavy atom. The predicted molar refractivity (Wildman–Crippen MR) is 29.3 cm³/mol. The fraction of sp³-hybridized carbons (Fsp3) is 0. The lowest BCUT2D eigenvalue weighted by Gasteiger charge is -1.88. The topological polar surface area (TPSA) is 55.1 Å². The molecule has 0 aliphatic carbocycles. The zero-order chi connectivity index (χ0) is 6.69. The van der Waals surface area contributed by atoms with E-state index < -0.39 is 0 Å². The highest BCUT2D eigenvalue weighted by molar-refractivity contribution is 5.91. The molecule has 4 nitrogen and oxygen atoms in total. The quantitative estimate of drug-likeness (QED) is 0.583. The minimum Gasteiger partial charge on any atom is -0.451 e. The van der Waals surface area contributed by atoms with Gasteiger partial charge in [-0.15, -0.1) is 0 Å². The van der Waals surface area contributed by atoms with Crippen LogP contribution >= 0.6 is 0 Å². The van der Waals surface area contributed by atoms with Gasteiger partial charge in [-0.1, -0.05) is 0 Å². The van der Waals surface area contributed by atoms with E-state index in [-0.39, 0.29) is 11.6 Å². The molecule has 1 aromatic rings. The number of nitrogens with one attached hydrogen (secondary N) is 1. The van der Waals surface area contributed by atoms with E-state index in [2.05, 4.69) is 21.8 Å². The van der Waals surface area contributed by atoms with Crippen molar-refractivity contribution in [1.82, 2.24) is 10.3 Å². The largest absolute Gasteiger partial charge is 0.451 e. The number of hydrogen-bond donors (Lipinski definition) is 1. The maximum Gasteiger partial charge on any atom is 0.273 e. The van der Waals surface area contributed by atoms with Crippen LogP contribution in [0.25, 0.3) is 0 Å². The molecule has 0 unspecified atom stereocenters. The van der Waals surface area contributed by atoms with Gasteiger partial charge in [0.25, 0.3) is 5.91 Å². The molecule has 9 heavy (non-hydrogen) atoms. The molecule has 0 saturated heterocycles. The number of hydrogen-bond acceptors (Lipinski definition) is 3. The second-order valence-electron chi connectivity index (χ2n) is 1.38. The second kappa shape index (κ2) is 2.30. The summed E-state index contributed by atoms with van der Waals surface area (Å²) in [5.41, 5.74) is 0.241. The first-order chi connectivity index (χ1) is 4.34. The van der Waals surface area contributed by atoms with Gasteiger partial charge in [-0.3, -0.25) is 4.79 Å². The van der Waals surface area contributed by atoms with Crippen molar-refractivity contribution in [3.05, 3.63) is 25.4 Å². The molecule has 47 valence electrons. The summed E-state index contributed by atoms with van der Waals surface area (Å²) < 4.78 is 4.54. The molecule has 0 atom stereocenters. The lowest BCUT2D eigenvalue weighted by molar-refractivity contribution is 0.0964. The molecule has 0 saturated carbocycles. The van der Waals surface area contributed by atoms with Gasteiger partial charge >= 0.3 is 0 Å². The number of oxazole rings is 1. The Bertz CT molecular complexity index is 193. The highest BCUT2D eigenvalue weighted by atomic mass is 16.3. The summed E-state index contributed by atoms with van der Waals surface area (Å²) in [7, 11) is 3.16. The van der Waals surface area contributed by atoms with Crippen LogP contribution in [0.4, 0.5) is 0 Å². The van der Waals surface area contributed by atoms with E-state index in [0.717, 1.165) is 0 Å². The summed E-state index contributed by atoms with van der Waals surface area (Å²) >= 11 is 0. The van der Waals surface area contributed by atoms with Gasteiger partial charge < -0.3 is 9.73 Å². The van der Waals surface area contributed by atoms with Crippen LogP contribution in [0.15, 0.2) is 17.1 Å². The maximum absolute atomic E-state index is 10.6. The zero-order valence-electron chi connectivity index (χ0n) is 4.63. The number of nitrogens with zero attached hydrogens (tertiary/aromatic N) is 1. The molecule has 1 rings (SSSR count). The number of carbonyl (C=O) groups is 1. The number of aromatic nitrogens is 1. The first-order valence-corrected chi connectivity index (χ1v) is 2.30.